The molecule has 0 atom stereocenters. The van der Waals surface area contributed by atoms with Gasteiger partial charge in [0.2, 0.25) is 0 Å². The van der Waals surface area contributed by atoms with Gasteiger partial charge in [-0.05, 0) is 5.56 Å². The molecule has 7 heteroatoms. The van der Waals surface area contributed by atoms with Crippen molar-refractivity contribution in [2.45, 2.75) is 13.1 Å². The number of hydrogen-bond donors (Lipinski definition) is 2. The molecule has 0 unspecified atom stereocenters. The van der Waals surface area contributed by atoms with Crippen LogP contribution in [0, 0.1) is 0 Å². The van der Waals surface area contributed by atoms with Gasteiger partial charge >= 0.3 is 11.7 Å². The molecule has 0 radical (unpaired) electrons. The van der Waals surface area contributed by atoms with E-state index in [2.05, 4.69) is 0 Å². The Balaban J connectivity index is 2.51. The standard InChI is InChI=1S/C13H13N3O4/c14-10-6-11(17)16(8-12(18)19)13(20)15(10)7-9-4-2-1-3-5-9/h1-6H,7-8,14H2,(H,18,19). The number of nitrogen functional groups attached to an aromatic ring is 1. The minimum Gasteiger partial charge on any atom is -0.480 e. The number of aliphatic carboxylic acids is 1. The summed E-state index contributed by atoms with van der Waals surface area (Å²) in [5, 5.41) is 8.73. The Morgan fingerprint density at radius 1 is 1.15 bits per heavy atom. The van der Waals surface area contributed by atoms with Gasteiger partial charge in [0.1, 0.15) is 12.4 Å². The van der Waals surface area contributed by atoms with E-state index in [0.717, 1.165) is 11.6 Å². The number of nitrogens with zero attached hydrogens (tertiary/aromatic N) is 2. The lowest BCUT2D eigenvalue weighted by Crippen LogP contribution is -2.42. The monoisotopic (exact) mass is 275 g/mol. The van der Waals surface area contributed by atoms with Gasteiger partial charge in [0.25, 0.3) is 5.56 Å². The summed E-state index contributed by atoms with van der Waals surface area (Å²) < 4.78 is 1.81. The molecule has 7 nitrogen and oxygen atoms in total. The first-order valence-corrected chi connectivity index (χ1v) is 5.85. The molecule has 0 amide bonds. The molecule has 0 spiro atoms. The van der Waals surface area contributed by atoms with Crippen LogP contribution in [0.15, 0.2) is 46.0 Å². The van der Waals surface area contributed by atoms with Gasteiger partial charge in [-0.15, -0.1) is 0 Å². The van der Waals surface area contributed by atoms with Gasteiger partial charge in [-0.2, -0.15) is 0 Å². The molecular weight excluding hydrogens is 262 g/mol. The molecule has 3 N–H and O–H groups in total. The van der Waals surface area contributed by atoms with E-state index < -0.39 is 23.8 Å². The van der Waals surface area contributed by atoms with Crippen molar-refractivity contribution < 1.29 is 9.90 Å². The van der Waals surface area contributed by atoms with Crippen molar-refractivity contribution in [3.05, 3.63) is 62.8 Å². The fraction of sp³-hybridized carbons (Fsp3) is 0.154. The van der Waals surface area contributed by atoms with Gasteiger partial charge in [0, 0.05) is 6.07 Å². The number of anilines is 1. The topological polar surface area (TPSA) is 107 Å². The zero-order valence-corrected chi connectivity index (χ0v) is 10.5. The zero-order valence-electron chi connectivity index (χ0n) is 10.5. The van der Waals surface area contributed by atoms with Crippen LogP contribution in [0.1, 0.15) is 5.56 Å². The summed E-state index contributed by atoms with van der Waals surface area (Å²) >= 11 is 0. The first-order valence-electron chi connectivity index (χ1n) is 5.85. The number of benzene rings is 1. The van der Waals surface area contributed by atoms with Crippen LogP contribution >= 0.6 is 0 Å². The highest BCUT2D eigenvalue weighted by atomic mass is 16.4. The summed E-state index contributed by atoms with van der Waals surface area (Å²) in [7, 11) is 0. The lowest BCUT2D eigenvalue weighted by molar-refractivity contribution is -0.137. The molecule has 0 bridgehead atoms. The largest absolute Gasteiger partial charge is 0.480 e. The van der Waals surface area contributed by atoms with E-state index in [1.807, 2.05) is 18.2 Å². The highest BCUT2D eigenvalue weighted by Crippen LogP contribution is 2.03. The van der Waals surface area contributed by atoms with Gasteiger partial charge in [-0.3, -0.25) is 14.2 Å². The molecule has 0 fully saturated rings. The van der Waals surface area contributed by atoms with E-state index in [0.29, 0.717) is 4.57 Å². The summed E-state index contributed by atoms with van der Waals surface area (Å²) in [5.74, 6) is -1.26. The first kappa shape index (κ1) is 13.6. The second kappa shape index (κ2) is 5.43. The van der Waals surface area contributed by atoms with Crippen LogP contribution in [-0.2, 0) is 17.9 Å². The summed E-state index contributed by atoms with van der Waals surface area (Å²) in [6, 6.07) is 10.1. The zero-order chi connectivity index (χ0) is 14.7. The van der Waals surface area contributed by atoms with Crippen molar-refractivity contribution in [3.63, 3.8) is 0 Å². The third-order valence-electron chi connectivity index (χ3n) is 2.79. The Kier molecular flexibility index (Phi) is 3.69. The van der Waals surface area contributed by atoms with Crippen molar-refractivity contribution in [2.75, 3.05) is 5.73 Å². The van der Waals surface area contributed by atoms with Crippen molar-refractivity contribution in [3.8, 4) is 0 Å². The molecule has 104 valence electrons. The lowest BCUT2D eigenvalue weighted by Gasteiger charge is -2.11. The second-order valence-corrected chi connectivity index (χ2v) is 4.24. The molecule has 0 saturated heterocycles. The predicted molar refractivity (Wildman–Crippen MR) is 72.6 cm³/mol. The molecule has 0 saturated carbocycles. The average Bonchev–Trinajstić information content (AvgIpc) is 2.40. The Morgan fingerprint density at radius 3 is 2.40 bits per heavy atom. The quantitative estimate of drug-likeness (QED) is 0.798. The van der Waals surface area contributed by atoms with Crippen LogP contribution in [0.3, 0.4) is 0 Å². The van der Waals surface area contributed by atoms with Crippen LogP contribution in [0.25, 0.3) is 0 Å². The fourth-order valence-corrected chi connectivity index (χ4v) is 1.84. The van der Waals surface area contributed by atoms with Crippen LogP contribution < -0.4 is 17.0 Å². The van der Waals surface area contributed by atoms with Gasteiger partial charge in [-0.1, -0.05) is 30.3 Å². The number of hydrogen-bond acceptors (Lipinski definition) is 4. The van der Waals surface area contributed by atoms with E-state index in [-0.39, 0.29) is 12.4 Å². The molecule has 1 aromatic carbocycles. The number of carboxylic acids is 1. The molecule has 2 rings (SSSR count). The van der Waals surface area contributed by atoms with Crippen LogP contribution in [0.5, 0.6) is 0 Å². The fourth-order valence-electron chi connectivity index (χ4n) is 1.84. The van der Waals surface area contributed by atoms with Crippen LogP contribution in [0.2, 0.25) is 0 Å². The van der Waals surface area contributed by atoms with Gasteiger partial charge in [0.05, 0.1) is 6.54 Å². The number of carboxylic acid groups (broad SMARTS) is 1. The number of rotatable bonds is 4. The Bertz CT molecular complexity index is 746. The first-order chi connectivity index (χ1) is 9.49. The summed E-state index contributed by atoms with van der Waals surface area (Å²) in [5.41, 5.74) is 5.04. The average molecular weight is 275 g/mol. The van der Waals surface area contributed by atoms with E-state index in [4.69, 9.17) is 10.8 Å². The molecular formula is C13H13N3O4. The van der Waals surface area contributed by atoms with Crippen molar-refractivity contribution in [2.24, 2.45) is 0 Å². The SMILES string of the molecule is Nc1cc(=O)n(CC(=O)O)c(=O)n1Cc1ccccc1. The van der Waals surface area contributed by atoms with Crippen LogP contribution in [-0.4, -0.2) is 20.2 Å². The molecule has 20 heavy (non-hydrogen) atoms. The molecule has 1 heterocycles. The highest BCUT2D eigenvalue weighted by Gasteiger charge is 2.12. The Morgan fingerprint density at radius 2 is 1.80 bits per heavy atom. The number of nitrogens with two attached hydrogens (primary N) is 1. The smallest absolute Gasteiger partial charge is 0.333 e. The third kappa shape index (κ3) is 2.77. The predicted octanol–water partition coefficient (Wildman–Crippen LogP) is -0.275. The van der Waals surface area contributed by atoms with Gasteiger partial charge in [-0.25, -0.2) is 9.36 Å². The minimum absolute atomic E-state index is 0.00509. The van der Waals surface area contributed by atoms with E-state index >= 15 is 0 Å². The van der Waals surface area contributed by atoms with E-state index in [1.54, 1.807) is 12.1 Å². The number of carbonyl (C=O) groups is 1. The van der Waals surface area contributed by atoms with Crippen molar-refractivity contribution >= 4 is 11.8 Å². The molecule has 0 aliphatic heterocycles. The maximum Gasteiger partial charge on any atom is 0.333 e. The normalized spacial score (nSPS) is 10.4. The van der Waals surface area contributed by atoms with Crippen molar-refractivity contribution in [1.29, 1.82) is 0 Å². The summed E-state index contributed by atoms with van der Waals surface area (Å²) in [6.07, 6.45) is 0. The lowest BCUT2D eigenvalue weighted by atomic mass is 10.2. The van der Waals surface area contributed by atoms with E-state index in [9.17, 15) is 14.4 Å². The molecule has 0 aliphatic carbocycles. The minimum atomic E-state index is -1.26. The number of aromatic nitrogens is 2. The summed E-state index contributed by atoms with van der Waals surface area (Å²) in [4.78, 5) is 34.4. The van der Waals surface area contributed by atoms with Gasteiger partial charge < -0.3 is 10.8 Å². The Labute approximate surface area is 113 Å². The maximum absolute atomic E-state index is 12.1. The molecule has 2 aromatic rings. The Hall–Kier alpha value is -2.83. The molecule has 0 aliphatic rings. The van der Waals surface area contributed by atoms with Crippen molar-refractivity contribution in [1.82, 2.24) is 9.13 Å². The van der Waals surface area contributed by atoms with Crippen LogP contribution in [0.4, 0.5) is 5.82 Å². The molecule has 1 aromatic heterocycles. The third-order valence-corrected chi connectivity index (χ3v) is 2.79. The highest BCUT2D eigenvalue weighted by molar-refractivity contribution is 5.66. The second-order valence-electron chi connectivity index (χ2n) is 4.24. The van der Waals surface area contributed by atoms with E-state index in [1.165, 1.54) is 4.57 Å². The van der Waals surface area contributed by atoms with Gasteiger partial charge in [0.15, 0.2) is 0 Å². The maximum atomic E-state index is 12.1. The summed E-state index contributed by atoms with van der Waals surface area (Å²) in [6.45, 7) is -0.516.